The molecule has 0 radical (unpaired) electrons. The van der Waals surface area contributed by atoms with Crippen LogP contribution in [0.3, 0.4) is 0 Å². The molecule has 2 aliphatic rings. The first-order valence-electron chi connectivity index (χ1n) is 21.8. The van der Waals surface area contributed by atoms with Gasteiger partial charge in [0.15, 0.2) is 0 Å². The number of rotatable bonds is 8. The minimum Gasteiger partial charge on any atom is -0.0760 e. The lowest BCUT2D eigenvalue weighted by molar-refractivity contribution is 0.686. The second-order valence-corrected chi connectivity index (χ2v) is 16.6. The Labute approximate surface area is 358 Å². The molecule has 9 aromatic carbocycles. The maximum atomic E-state index is 2.50. The fourth-order valence-corrected chi connectivity index (χ4v) is 10.2. The van der Waals surface area contributed by atoms with E-state index in [1.165, 1.54) is 104 Å². The highest BCUT2D eigenvalue weighted by Crippen LogP contribution is 2.44. The maximum Gasteiger partial charge on any atom is 0.0137 e. The summed E-state index contributed by atoms with van der Waals surface area (Å²) in [5.41, 5.74) is 16.7. The molecule has 0 nitrogen and oxygen atoms in total. The summed E-state index contributed by atoms with van der Waals surface area (Å²) in [5.74, 6) is 0.427. The van der Waals surface area contributed by atoms with Crippen molar-refractivity contribution in [1.29, 1.82) is 0 Å². The van der Waals surface area contributed by atoms with Crippen molar-refractivity contribution in [2.75, 3.05) is 0 Å². The third-order valence-corrected chi connectivity index (χ3v) is 13.0. The molecule has 290 valence electrons. The number of fused-ring (bicyclic) bond motifs is 4. The van der Waals surface area contributed by atoms with Crippen LogP contribution in [-0.4, -0.2) is 0 Å². The molecule has 2 aliphatic carbocycles. The van der Waals surface area contributed by atoms with Crippen molar-refractivity contribution in [3.05, 3.63) is 252 Å². The molecule has 0 heterocycles. The average Bonchev–Trinajstić information content (AvgIpc) is 3.33. The molecule has 0 fully saturated rings. The van der Waals surface area contributed by atoms with Crippen LogP contribution in [0.15, 0.2) is 224 Å². The van der Waals surface area contributed by atoms with Crippen molar-refractivity contribution in [2.24, 2.45) is 11.8 Å². The predicted molar refractivity (Wildman–Crippen MR) is 260 cm³/mol. The van der Waals surface area contributed by atoms with Crippen LogP contribution in [-0.2, 0) is 6.42 Å². The summed E-state index contributed by atoms with van der Waals surface area (Å²) in [6.07, 6.45) is 11.6. The summed E-state index contributed by atoms with van der Waals surface area (Å²) in [7, 11) is 0. The fraction of sp³-hybridized carbons (Fsp3) is 0.0820. The minimum atomic E-state index is 0.199. The molecule has 0 saturated heterocycles. The Bertz CT molecular complexity index is 3300. The van der Waals surface area contributed by atoms with Gasteiger partial charge in [-0.15, -0.1) is 0 Å². The van der Waals surface area contributed by atoms with Gasteiger partial charge in [-0.25, -0.2) is 0 Å². The SMILES string of the molecule is CCCc1ccc(C2=c3ccccc3=C(c3ccc4c(-c5cccc6ccccc56)ccc(-c5cccc(-c6ccccc6-c6ccccc6)c5)c4c3)C3C=CC=CC23)cc1. The van der Waals surface area contributed by atoms with E-state index in [0.717, 1.165) is 12.8 Å². The van der Waals surface area contributed by atoms with Gasteiger partial charge in [-0.2, -0.15) is 0 Å². The van der Waals surface area contributed by atoms with E-state index in [1.54, 1.807) is 0 Å². The zero-order valence-corrected chi connectivity index (χ0v) is 34.4. The first-order valence-corrected chi connectivity index (χ1v) is 21.8. The summed E-state index contributed by atoms with van der Waals surface area (Å²) >= 11 is 0. The Morgan fingerprint density at radius 1 is 0.344 bits per heavy atom. The number of hydrogen-bond acceptors (Lipinski definition) is 0. The van der Waals surface area contributed by atoms with Gasteiger partial charge < -0.3 is 0 Å². The molecule has 0 saturated carbocycles. The molecule has 11 rings (SSSR count). The van der Waals surface area contributed by atoms with E-state index in [4.69, 9.17) is 0 Å². The van der Waals surface area contributed by atoms with Gasteiger partial charge in [0.1, 0.15) is 0 Å². The molecule has 61 heavy (non-hydrogen) atoms. The lowest BCUT2D eigenvalue weighted by Gasteiger charge is -2.33. The van der Waals surface area contributed by atoms with E-state index in [9.17, 15) is 0 Å². The Kier molecular flexibility index (Phi) is 9.48. The van der Waals surface area contributed by atoms with Gasteiger partial charge in [-0.1, -0.05) is 226 Å². The molecular formula is C61H46. The van der Waals surface area contributed by atoms with Crippen molar-refractivity contribution >= 4 is 32.7 Å². The van der Waals surface area contributed by atoms with Gasteiger partial charge >= 0.3 is 0 Å². The molecule has 0 spiro atoms. The first-order chi connectivity index (χ1) is 30.2. The standard InChI is InChI=1S/C61H46/c1-2-16-41-31-33-44(34-32-41)60-55-26-10-12-28-57(55)61(58-29-13-11-27-56(58)60)47-35-36-54-53(52-30-15-20-43-19-6-7-24-49(43)52)38-37-51(59(54)40-47)46-22-14-21-45(39-46)50-25-9-8-23-48(50)42-17-4-3-5-18-42/h3-15,17-40,55,57H,2,16H2,1H3. The van der Waals surface area contributed by atoms with E-state index >= 15 is 0 Å². The van der Waals surface area contributed by atoms with Crippen molar-refractivity contribution < 1.29 is 0 Å². The second-order valence-electron chi connectivity index (χ2n) is 16.6. The van der Waals surface area contributed by atoms with Crippen LogP contribution >= 0.6 is 0 Å². The normalized spacial score (nSPS) is 15.6. The second kappa shape index (κ2) is 15.7. The van der Waals surface area contributed by atoms with Crippen LogP contribution in [0, 0.1) is 11.8 Å². The van der Waals surface area contributed by atoms with E-state index in [2.05, 4.69) is 231 Å². The highest BCUT2D eigenvalue weighted by atomic mass is 14.3. The first kappa shape index (κ1) is 36.8. The zero-order valence-electron chi connectivity index (χ0n) is 34.4. The van der Waals surface area contributed by atoms with Crippen molar-refractivity contribution in [3.63, 3.8) is 0 Å². The van der Waals surface area contributed by atoms with E-state index in [-0.39, 0.29) is 11.8 Å². The Hall–Kier alpha value is -7.28. The molecule has 0 heteroatoms. The molecule has 0 amide bonds. The predicted octanol–water partition coefficient (Wildman–Crippen LogP) is 14.4. The van der Waals surface area contributed by atoms with E-state index < -0.39 is 0 Å². The highest BCUT2D eigenvalue weighted by Gasteiger charge is 2.32. The fourth-order valence-electron chi connectivity index (χ4n) is 10.2. The van der Waals surface area contributed by atoms with Crippen LogP contribution in [0.5, 0.6) is 0 Å². The van der Waals surface area contributed by atoms with Crippen LogP contribution < -0.4 is 10.4 Å². The van der Waals surface area contributed by atoms with Gasteiger partial charge in [0, 0.05) is 11.8 Å². The molecular weight excluding hydrogens is 733 g/mol. The summed E-state index contributed by atoms with van der Waals surface area (Å²) < 4.78 is 0. The third kappa shape index (κ3) is 6.57. The molecule has 0 aromatic heterocycles. The van der Waals surface area contributed by atoms with Gasteiger partial charge in [0.2, 0.25) is 0 Å². The monoisotopic (exact) mass is 778 g/mol. The van der Waals surface area contributed by atoms with Gasteiger partial charge in [-0.05, 0) is 123 Å². The largest absolute Gasteiger partial charge is 0.0760 e. The van der Waals surface area contributed by atoms with Crippen molar-refractivity contribution in [2.45, 2.75) is 19.8 Å². The maximum absolute atomic E-state index is 2.50. The number of aryl methyl sites for hydroxylation is 1. The van der Waals surface area contributed by atoms with Crippen LogP contribution in [0.4, 0.5) is 0 Å². The Morgan fingerprint density at radius 2 is 0.885 bits per heavy atom. The van der Waals surface area contributed by atoms with Crippen LogP contribution in [0.25, 0.3) is 77.2 Å². The highest BCUT2D eigenvalue weighted by molar-refractivity contribution is 6.10. The number of hydrogen-bond donors (Lipinski definition) is 0. The summed E-state index contributed by atoms with van der Waals surface area (Å²) in [5, 5.41) is 7.69. The molecule has 0 bridgehead atoms. The van der Waals surface area contributed by atoms with Gasteiger partial charge in [0.25, 0.3) is 0 Å². The van der Waals surface area contributed by atoms with E-state index in [1.807, 2.05) is 0 Å². The van der Waals surface area contributed by atoms with Crippen molar-refractivity contribution in [1.82, 2.24) is 0 Å². The summed E-state index contributed by atoms with van der Waals surface area (Å²) in [6.45, 7) is 2.25. The van der Waals surface area contributed by atoms with E-state index in [0.29, 0.717) is 0 Å². The molecule has 9 aromatic rings. The van der Waals surface area contributed by atoms with Gasteiger partial charge in [0.05, 0.1) is 0 Å². The summed E-state index contributed by atoms with van der Waals surface area (Å²) in [6, 6.07) is 74.7. The molecule has 2 atom stereocenters. The molecule has 0 N–H and O–H groups in total. The number of allylic oxidation sites excluding steroid dienone is 4. The van der Waals surface area contributed by atoms with Crippen LogP contribution in [0.2, 0.25) is 0 Å². The topological polar surface area (TPSA) is 0 Å². The minimum absolute atomic E-state index is 0.199. The molecule has 2 unspecified atom stereocenters. The van der Waals surface area contributed by atoms with Gasteiger partial charge in [-0.3, -0.25) is 0 Å². The lowest BCUT2D eigenvalue weighted by Crippen LogP contribution is -2.40. The smallest absolute Gasteiger partial charge is 0.0137 e. The Balaban J connectivity index is 1.16. The summed E-state index contributed by atoms with van der Waals surface area (Å²) in [4.78, 5) is 0. The lowest BCUT2D eigenvalue weighted by atomic mass is 9.70. The number of benzene rings is 9. The quantitative estimate of drug-likeness (QED) is 0.144. The van der Waals surface area contributed by atoms with Crippen LogP contribution in [0.1, 0.15) is 30.0 Å². The zero-order chi connectivity index (χ0) is 40.7. The third-order valence-electron chi connectivity index (χ3n) is 13.0. The Morgan fingerprint density at radius 3 is 1.64 bits per heavy atom. The van der Waals surface area contributed by atoms with Crippen molar-refractivity contribution in [3.8, 4) is 44.5 Å². The molecule has 0 aliphatic heterocycles. The average molecular weight is 779 g/mol.